The maximum Gasteiger partial charge on any atom is 0.321 e. The number of rotatable bonds is 7. The minimum atomic E-state index is -0.506. The summed E-state index contributed by atoms with van der Waals surface area (Å²) in [4.78, 5) is 23.8. The fraction of sp³-hybridized carbons (Fsp3) is 0.300. The van der Waals surface area contributed by atoms with E-state index >= 15 is 0 Å². The molecule has 26 heavy (non-hydrogen) atoms. The van der Waals surface area contributed by atoms with Crippen molar-refractivity contribution < 1.29 is 9.59 Å². The monoisotopic (exact) mass is 373 g/mol. The van der Waals surface area contributed by atoms with Gasteiger partial charge < -0.3 is 10.6 Å². The second-order valence-corrected chi connectivity index (χ2v) is 6.81. The van der Waals surface area contributed by atoms with Crippen LogP contribution in [-0.2, 0) is 11.3 Å². The summed E-state index contributed by atoms with van der Waals surface area (Å²) in [5.41, 5.74) is 2.02. The minimum Gasteiger partial charge on any atom is -0.334 e. The fourth-order valence-corrected chi connectivity index (χ4v) is 2.73. The molecule has 0 aromatic heterocycles. The van der Waals surface area contributed by atoms with Gasteiger partial charge in [-0.05, 0) is 29.2 Å². The number of benzene rings is 2. The van der Waals surface area contributed by atoms with E-state index < -0.39 is 6.03 Å². The first-order valence-corrected chi connectivity index (χ1v) is 8.94. The normalized spacial score (nSPS) is 11.8. The van der Waals surface area contributed by atoms with Gasteiger partial charge in [-0.2, -0.15) is 0 Å². The van der Waals surface area contributed by atoms with Gasteiger partial charge in [-0.15, -0.1) is 0 Å². The number of urea groups is 1. The van der Waals surface area contributed by atoms with Crippen LogP contribution in [0.25, 0.3) is 0 Å². The molecule has 0 spiro atoms. The number of halogens is 1. The first-order valence-electron chi connectivity index (χ1n) is 8.56. The average molecular weight is 374 g/mol. The highest BCUT2D eigenvalue weighted by atomic mass is 35.5. The molecule has 3 amide bonds. The van der Waals surface area contributed by atoms with Crippen molar-refractivity contribution >= 4 is 23.5 Å². The van der Waals surface area contributed by atoms with Crippen molar-refractivity contribution in [2.75, 3.05) is 6.54 Å². The Labute approximate surface area is 159 Å². The third-order valence-corrected chi connectivity index (χ3v) is 4.18. The molecule has 0 saturated carbocycles. The molecule has 1 atom stereocenters. The SMILES string of the molecule is CC(C)C(NCC(=O)NC(=O)NCc1ccccc1)c1ccc(Cl)cc1. The largest absolute Gasteiger partial charge is 0.334 e. The van der Waals surface area contributed by atoms with Crippen LogP contribution in [0.5, 0.6) is 0 Å². The maximum absolute atomic E-state index is 12.0. The van der Waals surface area contributed by atoms with Crippen LogP contribution in [0.15, 0.2) is 54.6 Å². The molecular weight excluding hydrogens is 350 g/mol. The standard InChI is InChI=1S/C20H24ClN3O2/c1-14(2)19(16-8-10-17(21)11-9-16)22-13-18(25)24-20(26)23-12-15-6-4-3-5-7-15/h3-11,14,19,22H,12-13H2,1-2H3,(H2,23,24,25,26). The highest BCUT2D eigenvalue weighted by Gasteiger charge is 2.17. The molecule has 3 N–H and O–H groups in total. The van der Waals surface area contributed by atoms with Crippen LogP contribution in [0.3, 0.4) is 0 Å². The van der Waals surface area contributed by atoms with Crippen molar-refractivity contribution in [1.82, 2.24) is 16.0 Å². The van der Waals surface area contributed by atoms with Crippen molar-refractivity contribution in [2.45, 2.75) is 26.4 Å². The first kappa shape index (κ1) is 19.9. The molecule has 2 aromatic rings. The van der Waals surface area contributed by atoms with Crippen LogP contribution in [-0.4, -0.2) is 18.5 Å². The van der Waals surface area contributed by atoms with Crippen molar-refractivity contribution in [3.05, 3.63) is 70.7 Å². The molecule has 138 valence electrons. The van der Waals surface area contributed by atoms with Crippen LogP contribution < -0.4 is 16.0 Å². The van der Waals surface area contributed by atoms with Gasteiger partial charge in [0.15, 0.2) is 0 Å². The lowest BCUT2D eigenvalue weighted by Crippen LogP contribution is -2.44. The fourth-order valence-electron chi connectivity index (χ4n) is 2.60. The zero-order valence-corrected chi connectivity index (χ0v) is 15.7. The Hall–Kier alpha value is -2.37. The van der Waals surface area contributed by atoms with Crippen molar-refractivity contribution in [3.63, 3.8) is 0 Å². The lowest BCUT2D eigenvalue weighted by Gasteiger charge is -2.22. The van der Waals surface area contributed by atoms with Gasteiger partial charge in [0.2, 0.25) is 5.91 Å². The van der Waals surface area contributed by atoms with Gasteiger partial charge in [-0.1, -0.05) is 67.9 Å². The molecule has 2 aromatic carbocycles. The molecule has 0 saturated heterocycles. The summed E-state index contributed by atoms with van der Waals surface area (Å²) in [6.45, 7) is 4.55. The maximum atomic E-state index is 12.0. The van der Waals surface area contributed by atoms with E-state index in [0.29, 0.717) is 11.6 Å². The highest BCUT2D eigenvalue weighted by molar-refractivity contribution is 6.30. The van der Waals surface area contributed by atoms with Crippen LogP contribution in [0.4, 0.5) is 4.79 Å². The molecule has 0 radical (unpaired) electrons. The summed E-state index contributed by atoms with van der Waals surface area (Å²) in [6, 6.07) is 16.5. The van der Waals surface area contributed by atoms with Gasteiger partial charge in [0.1, 0.15) is 0 Å². The van der Waals surface area contributed by atoms with E-state index in [2.05, 4.69) is 29.8 Å². The van der Waals surface area contributed by atoms with Crippen LogP contribution in [0, 0.1) is 5.92 Å². The second-order valence-electron chi connectivity index (χ2n) is 6.37. The Balaban J connectivity index is 1.80. The zero-order valence-electron chi connectivity index (χ0n) is 15.0. The predicted molar refractivity (Wildman–Crippen MR) is 104 cm³/mol. The van der Waals surface area contributed by atoms with Crippen LogP contribution >= 0.6 is 11.6 Å². The lowest BCUT2D eigenvalue weighted by molar-refractivity contribution is -0.119. The number of carbonyl (C=O) groups is 2. The molecule has 0 heterocycles. The van der Waals surface area contributed by atoms with Crippen molar-refractivity contribution in [3.8, 4) is 0 Å². The average Bonchev–Trinajstić information content (AvgIpc) is 2.62. The van der Waals surface area contributed by atoms with E-state index in [1.165, 1.54) is 0 Å². The Bertz CT molecular complexity index is 718. The van der Waals surface area contributed by atoms with E-state index in [4.69, 9.17) is 11.6 Å². The first-order chi connectivity index (χ1) is 12.5. The van der Waals surface area contributed by atoms with Crippen molar-refractivity contribution in [2.24, 2.45) is 5.92 Å². The van der Waals surface area contributed by atoms with E-state index in [-0.39, 0.29) is 24.4 Å². The molecule has 0 fully saturated rings. The lowest BCUT2D eigenvalue weighted by atomic mass is 9.96. The molecule has 0 aliphatic heterocycles. The molecule has 2 rings (SSSR count). The van der Waals surface area contributed by atoms with Crippen LogP contribution in [0.2, 0.25) is 5.02 Å². The van der Waals surface area contributed by atoms with Gasteiger partial charge in [0.05, 0.1) is 6.54 Å². The molecule has 0 bridgehead atoms. The highest BCUT2D eigenvalue weighted by Crippen LogP contribution is 2.22. The molecule has 6 heteroatoms. The number of hydrogen-bond acceptors (Lipinski definition) is 3. The van der Waals surface area contributed by atoms with Crippen LogP contribution in [0.1, 0.15) is 31.0 Å². The summed E-state index contributed by atoms with van der Waals surface area (Å²) in [7, 11) is 0. The van der Waals surface area contributed by atoms with E-state index in [9.17, 15) is 9.59 Å². The van der Waals surface area contributed by atoms with Gasteiger partial charge in [0.25, 0.3) is 0 Å². The summed E-state index contributed by atoms with van der Waals surface area (Å²) in [5.74, 6) is -0.106. The number of hydrogen-bond donors (Lipinski definition) is 3. The van der Waals surface area contributed by atoms with E-state index in [1.54, 1.807) is 0 Å². The predicted octanol–water partition coefficient (Wildman–Crippen LogP) is 3.65. The Kier molecular flexibility index (Phi) is 7.63. The molecule has 1 unspecified atom stereocenters. The minimum absolute atomic E-state index is 0.00889. The number of amides is 3. The molecule has 0 aliphatic carbocycles. The number of imide groups is 1. The van der Waals surface area contributed by atoms with E-state index in [0.717, 1.165) is 11.1 Å². The third-order valence-electron chi connectivity index (χ3n) is 3.93. The summed E-state index contributed by atoms with van der Waals surface area (Å²) < 4.78 is 0. The van der Waals surface area contributed by atoms with E-state index in [1.807, 2.05) is 54.6 Å². The van der Waals surface area contributed by atoms with Crippen molar-refractivity contribution in [1.29, 1.82) is 0 Å². The van der Waals surface area contributed by atoms with Gasteiger partial charge in [-0.25, -0.2) is 4.79 Å². The summed E-state index contributed by atoms with van der Waals surface area (Å²) in [5, 5.41) is 8.87. The Morgan fingerprint density at radius 1 is 1.00 bits per heavy atom. The zero-order chi connectivity index (χ0) is 18.9. The van der Waals surface area contributed by atoms with Gasteiger partial charge in [-0.3, -0.25) is 10.1 Å². The number of nitrogens with one attached hydrogen (secondary N) is 3. The Morgan fingerprint density at radius 2 is 1.65 bits per heavy atom. The number of carbonyl (C=O) groups excluding carboxylic acids is 2. The van der Waals surface area contributed by atoms with Gasteiger partial charge >= 0.3 is 6.03 Å². The summed E-state index contributed by atoms with van der Waals surface area (Å²) in [6.07, 6.45) is 0. The molecule has 0 aliphatic rings. The molecular formula is C20H24ClN3O2. The molecule has 5 nitrogen and oxygen atoms in total. The quantitative estimate of drug-likeness (QED) is 0.693. The topological polar surface area (TPSA) is 70.2 Å². The second kappa shape index (κ2) is 9.94. The summed E-state index contributed by atoms with van der Waals surface area (Å²) >= 11 is 5.93. The third kappa shape index (κ3) is 6.50. The Morgan fingerprint density at radius 3 is 2.27 bits per heavy atom. The smallest absolute Gasteiger partial charge is 0.321 e. The van der Waals surface area contributed by atoms with Gasteiger partial charge in [0, 0.05) is 17.6 Å².